The van der Waals surface area contributed by atoms with E-state index in [0.29, 0.717) is 11.7 Å². The molecule has 1 aromatic rings. The molecule has 1 amide bonds. The fourth-order valence-electron chi connectivity index (χ4n) is 3.39. The summed E-state index contributed by atoms with van der Waals surface area (Å²) in [5.41, 5.74) is 0. The molecule has 1 aliphatic carbocycles. The highest BCUT2D eigenvalue weighted by Crippen LogP contribution is 2.41. The van der Waals surface area contributed by atoms with E-state index in [9.17, 15) is 9.18 Å². The zero-order chi connectivity index (χ0) is 15.7. The Bertz CT molecular complexity index is 535. The Morgan fingerprint density at radius 2 is 2.14 bits per heavy atom. The van der Waals surface area contributed by atoms with Gasteiger partial charge in [0.1, 0.15) is 11.6 Å². The van der Waals surface area contributed by atoms with Crippen LogP contribution in [0.5, 0.6) is 5.75 Å². The van der Waals surface area contributed by atoms with Crippen molar-refractivity contribution in [3.8, 4) is 5.75 Å². The molecule has 6 heteroatoms. The highest BCUT2D eigenvalue weighted by Gasteiger charge is 2.55. The topological polar surface area (TPSA) is 50.8 Å². The van der Waals surface area contributed by atoms with Gasteiger partial charge in [0, 0.05) is 12.5 Å². The highest BCUT2D eigenvalue weighted by molar-refractivity contribution is 5.78. The lowest BCUT2D eigenvalue weighted by Gasteiger charge is -2.50. The fourth-order valence-corrected chi connectivity index (χ4v) is 3.39. The maximum atomic E-state index is 12.8. The minimum absolute atomic E-state index is 0.0689. The summed E-state index contributed by atoms with van der Waals surface area (Å²) in [6.45, 7) is 0.693. The number of hydrogen-bond donors (Lipinski definition) is 1. The van der Waals surface area contributed by atoms with Crippen LogP contribution >= 0.6 is 0 Å². The van der Waals surface area contributed by atoms with Crippen LogP contribution in [0.3, 0.4) is 0 Å². The normalized spacial score (nSPS) is 29.8. The van der Waals surface area contributed by atoms with Crippen molar-refractivity contribution in [1.29, 1.82) is 0 Å². The molecule has 1 saturated heterocycles. The Kier molecular flexibility index (Phi) is 4.31. The molecule has 0 spiro atoms. The van der Waals surface area contributed by atoms with E-state index in [1.54, 1.807) is 0 Å². The lowest BCUT2D eigenvalue weighted by molar-refractivity contribution is -0.129. The van der Waals surface area contributed by atoms with Crippen LogP contribution in [0.4, 0.5) is 4.39 Å². The van der Waals surface area contributed by atoms with Gasteiger partial charge in [0.25, 0.3) is 5.91 Å². The Morgan fingerprint density at radius 1 is 1.41 bits per heavy atom. The third-order valence-electron chi connectivity index (χ3n) is 4.46. The largest absolute Gasteiger partial charge is 0.484 e. The smallest absolute Gasteiger partial charge is 0.258 e. The van der Waals surface area contributed by atoms with Crippen LogP contribution < -0.4 is 10.1 Å². The second-order valence-electron chi connectivity index (χ2n) is 6.08. The molecule has 0 radical (unpaired) electrons. The average Bonchev–Trinajstić information content (AvgIpc) is 2.87. The number of benzene rings is 1. The summed E-state index contributed by atoms with van der Waals surface area (Å²) in [6, 6.07) is 5.95. The van der Waals surface area contributed by atoms with Gasteiger partial charge in [0.15, 0.2) is 6.61 Å². The van der Waals surface area contributed by atoms with Gasteiger partial charge in [-0.15, -0.1) is 0 Å². The maximum Gasteiger partial charge on any atom is 0.258 e. The lowest BCUT2D eigenvalue weighted by atomic mass is 9.71. The standard InChI is InChI=1S/C16H21FN2O3/c1-19(2)15-14(12-7-8-21-16(12)15)18-13(20)9-22-11-5-3-10(17)4-6-11/h3-6,12,14-16H,7-9H2,1-2H3,(H,18,20)/t12-,14+,15-,16-/m0/s1. The van der Waals surface area contributed by atoms with Crippen molar-refractivity contribution >= 4 is 5.91 Å². The van der Waals surface area contributed by atoms with Gasteiger partial charge >= 0.3 is 0 Å². The third-order valence-corrected chi connectivity index (χ3v) is 4.46. The molecular weight excluding hydrogens is 287 g/mol. The van der Waals surface area contributed by atoms with Crippen LogP contribution in [-0.4, -0.2) is 56.3 Å². The predicted molar refractivity (Wildman–Crippen MR) is 79.1 cm³/mol. The molecule has 22 heavy (non-hydrogen) atoms. The fraction of sp³-hybridized carbons (Fsp3) is 0.562. The number of hydrogen-bond acceptors (Lipinski definition) is 4. The lowest BCUT2D eigenvalue weighted by Crippen LogP contribution is -2.70. The van der Waals surface area contributed by atoms with E-state index < -0.39 is 0 Å². The van der Waals surface area contributed by atoms with Gasteiger partial charge < -0.3 is 19.7 Å². The first kappa shape index (κ1) is 15.2. The summed E-state index contributed by atoms with van der Waals surface area (Å²) in [5, 5.41) is 3.04. The number of halogens is 1. The molecule has 1 aromatic carbocycles. The minimum atomic E-state index is -0.327. The highest BCUT2D eigenvalue weighted by atomic mass is 19.1. The number of nitrogens with zero attached hydrogens (tertiary/aromatic N) is 1. The first-order valence-corrected chi connectivity index (χ1v) is 7.52. The van der Waals surface area contributed by atoms with Crippen molar-refractivity contribution in [3.63, 3.8) is 0 Å². The van der Waals surface area contributed by atoms with Gasteiger partial charge in [0.05, 0.1) is 18.2 Å². The Labute approximate surface area is 129 Å². The van der Waals surface area contributed by atoms with Crippen molar-refractivity contribution < 1.29 is 18.7 Å². The molecule has 120 valence electrons. The number of likely N-dealkylation sites (N-methyl/N-ethyl adjacent to an activating group) is 1. The number of rotatable bonds is 5. The molecule has 1 heterocycles. The minimum Gasteiger partial charge on any atom is -0.484 e. The van der Waals surface area contributed by atoms with Gasteiger partial charge in [-0.05, 0) is 44.8 Å². The van der Waals surface area contributed by atoms with Crippen LogP contribution in [0.2, 0.25) is 0 Å². The second-order valence-corrected chi connectivity index (χ2v) is 6.08. The average molecular weight is 308 g/mol. The van der Waals surface area contributed by atoms with Crippen LogP contribution in [0.15, 0.2) is 24.3 Å². The number of amides is 1. The first-order chi connectivity index (χ1) is 10.6. The van der Waals surface area contributed by atoms with E-state index >= 15 is 0 Å². The van der Waals surface area contributed by atoms with Crippen molar-refractivity contribution in [2.75, 3.05) is 27.3 Å². The molecule has 5 nitrogen and oxygen atoms in total. The van der Waals surface area contributed by atoms with E-state index in [-0.39, 0.29) is 36.5 Å². The molecule has 0 unspecified atom stereocenters. The molecule has 3 rings (SSSR count). The third kappa shape index (κ3) is 2.94. The summed E-state index contributed by atoms with van der Waals surface area (Å²) in [7, 11) is 3.99. The van der Waals surface area contributed by atoms with E-state index in [1.165, 1.54) is 24.3 Å². The molecular formula is C16H21FN2O3. The summed E-state index contributed by atoms with van der Waals surface area (Å²) in [5.74, 6) is 0.387. The monoisotopic (exact) mass is 308 g/mol. The Hall–Kier alpha value is -1.66. The molecule has 0 aromatic heterocycles. The number of ether oxygens (including phenoxy) is 2. The molecule has 1 N–H and O–H groups in total. The molecule has 4 atom stereocenters. The Morgan fingerprint density at radius 3 is 2.82 bits per heavy atom. The SMILES string of the molecule is CN(C)[C@H]1[C@H](NC(=O)COc2ccc(F)cc2)[C@@H]2CCO[C@@H]21. The van der Waals surface area contributed by atoms with E-state index in [1.807, 2.05) is 14.1 Å². The summed E-state index contributed by atoms with van der Waals surface area (Å²) < 4.78 is 23.9. The van der Waals surface area contributed by atoms with Crippen LogP contribution in [0.25, 0.3) is 0 Å². The zero-order valence-electron chi connectivity index (χ0n) is 12.8. The number of nitrogens with one attached hydrogen (secondary N) is 1. The van der Waals surface area contributed by atoms with E-state index in [4.69, 9.17) is 9.47 Å². The first-order valence-electron chi connectivity index (χ1n) is 7.52. The zero-order valence-corrected chi connectivity index (χ0v) is 12.8. The van der Waals surface area contributed by atoms with Gasteiger partial charge in [-0.25, -0.2) is 4.39 Å². The van der Waals surface area contributed by atoms with Gasteiger partial charge in [-0.1, -0.05) is 0 Å². The quantitative estimate of drug-likeness (QED) is 0.883. The van der Waals surface area contributed by atoms with Gasteiger partial charge in [-0.2, -0.15) is 0 Å². The van der Waals surface area contributed by atoms with Crippen LogP contribution in [0, 0.1) is 11.7 Å². The van der Waals surface area contributed by atoms with Crippen molar-refractivity contribution in [2.45, 2.75) is 24.6 Å². The molecule has 2 aliphatic rings. The molecule has 0 bridgehead atoms. The number of carbonyl (C=O) groups excluding carboxylic acids is 1. The van der Waals surface area contributed by atoms with Crippen molar-refractivity contribution in [3.05, 3.63) is 30.1 Å². The molecule has 2 fully saturated rings. The number of fused-ring (bicyclic) bond motifs is 1. The Balaban J connectivity index is 1.52. The predicted octanol–water partition coefficient (Wildman–Crippen LogP) is 1.04. The number of carbonyl (C=O) groups is 1. The summed E-state index contributed by atoms with van der Waals surface area (Å²) in [6.07, 6.45) is 1.21. The second kappa shape index (κ2) is 6.22. The summed E-state index contributed by atoms with van der Waals surface area (Å²) >= 11 is 0. The van der Waals surface area contributed by atoms with Gasteiger partial charge in [-0.3, -0.25) is 4.79 Å². The summed E-state index contributed by atoms with van der Waals surface area (Å²) in [4.78, 5) is 14.2. The van der Waals surface area contributed by atoms with Crippen molar-refractivity contribution in [2.24, 2.45) is 5.92 Å². The van der Waals surface area contributed by atoms with Crippen molar-refractivity contribution in [1.82, 2.24) is 10.2 Å². The van der Waals surface area contributed by atoms with Crippen LogP contribution in [0.1, 0.15) is 6.42 Å². The van der Waals surface area contributed by atoms with Gasteiger partial charge in [0.2, 0.25) is 0 Å². The van der Waals surface area contributed by atoms with Crippen LogP contribution in [-0.2, 0) is 9.53 Å². The maximum absolute atomic E-state index is 12.8. The molecule has 1 saturated carbocycles. The molecule has 1 aliphatic heterocycles. The van der Waals surface area contributed by atoms with E-state index in [0.717, 1.165) is 13.0 Å². The van der Waals surface area contributed by atoms with E-state index in [2.05, 4.69) is 10.2 Å².